The molecule has 0 bridgehead atoms. The van der Waals surface area contributed by atoms with Gasteiger partial charge in [-0.15, -0.1) is 11.3 Å². The summed E-state index contributed by atoms with van der Waals surface area (Å²) in [6.07, 6.45) is 3.27. The maximum Gasteiger partial charge on any atom is 0.237 e. The van der Waals surface area contributed by atoms with Crippen LogP contribution in [0, 0.1) is 5.41 Å². The van der Waals surface area contributed by atoms with Crippen molar-refractivity contribution >= 4 is 56.7 Å². The number of fused-ring (bicyclic) bond motifs is 1. The van der Waals surface area contributed by atoms with Gasteiger partial charge in [-0.3, -0.25) is 19.4 Å². The second-order valence-corrected chi connectivity index (χ2v) is 10.7. The number of hydrogen-bond donors (Lipinski definition) is 0. The minimum atomic E-state index is -0.400. The van der Waals surface area contributed by atoms with Crippen molar-refractivity contribution in [2.75, 3.05) is 31.3 Å². The molecular formula is C20H22ClN3O2S2. The lowest BCUT2D eigenvalue weighted by atomic mass is 9.86. The summed E-state index contributed by atoms with van der Waals surface area (Å²) in [7, 11) is 0. The fraction of sp³-hybridized carbons (Fsp3) is 0.550. The highest BCUT2D eigenvalue weighted by Gasteiger charge is 2.53. The molecule has 1 atom stereocenters. The first-order chi connectivity index (χ1) is 13.5. The highest BCUT2D eigenvalue weighted by Crippen LogP contribution is 2.45. The van der Waals surface area contributed by atoms with Crippen molar-refractivity contribution in [3.8, 4) is 0 Å². The first kappa shape index (κ1) is 18.9. The summed E-state index contributed by atoms with van der Waals surface area (Å²) in [5.41, 5.74) is 0.574. The zero-order valence-corrected chi connectivity index (χ0v) is 17.9. The quantitative estimate of drug-likeness (QED) is 0.683. The maximum atomic E-state index is 12.9. The molecule has 0 saturated carbocycles. The van der Waals surface area contributed by atoms with E-state index in [-0.39, 0.29) is 11.8 Å². The fourth-order valence-electron chi connectivity index (χ4n) is 4.53. The number of carbonyl (C=O) groups excluding carboxylic acids is 2. The average molecular weight is 436 g/mol. The number of aromatic nitrogens is 1. The van der Waals surface area contributed by atoms with Crippen LogP contribution in [0.1, 0.15) is 36.6 Å². The monoisotopic (exact) mass is 435 g/mol. The number of likely N-dealkylation sites (tertiary alicyclic amines) is 2. The van der Waals surface area contributed by atoms with Crippen molar-refractivity contribution in [3.63, 3.8) is 0 Å². The average Bonchev–Trinajstić information content (AvgIpc) is 3.38. The number of amides is 2. The van der Waals surface area contributed by atoms with Crippen LogP contribution < -0.4 is 0 Å². The van der Waals surface area contributed by atoms with Crippen LogP contribution in [0.5, 0.6) is 0 Å². The molecule has 4 heterocycles. The molecule has 3 fully saturated rings. The molecule has 8 heteroatoms. The zero-order chi connectivity index (χ0) is 19.3. The minimum Gasteiger partial charge on any atom is -0.286 e. The summed E-state index contributed by atoms with van der Waals surface area (Å²) in [5.74, 6) is 2.31. The Morgan fingerprint density at radius 2 is 2.07 bits per heavy atom. The highest BCUT2D eigenvalue weighted by molar-refractivity contribution is 7.99. The largest absolute Gasteiger partial charge is 0.286 e. The van der Waals surface area contributed by atoms with Crippen molar-refractivity contribution in [2.45, 2.75) is 31.6 Å². The summed E-state index contributed by atoms with van der Waals surface area (Å²) in [4.78, 5) is 33.9. The third-order valence-electron chi connectivity index (χ3n) is 6.24. The Hall–Kier alpha value is -1.15. The van der Waals surface area contributed by atoms with Crippen LogP contribution in [0.2, 0.25) is 5.02 Å². The van der Waals surface area contributed by atoms with Gasteiger partial charge in [0, 0.05) is 36.2 Å². The van der Waals surface area contributed by atoms with Gasteiger partial charge in [0.2, 0.25) is 11.8 Å². The Balaban J connectivity index is 1.22. The van der Waals surface area contributed by atoms with Crippen molar-refractivity contribution in [3.05, 3.63) is 28.2 Å². The van der Waals surface area contributed by atoms with E-state index in [9.17, 15) is 9.59 Å². The van der Waals surface area contributed by atoms with Crippen LogP contribution in [0.3, 0.4) is 0 Å². The van der Waals surface area contributed by atoms with Crippen molar-refractivity contribution < 1.29 is 9.59 Å². The zero-order valence-electron chi connectivity index (χ0n) is 15.5. The highest BCUT2D eigenvalue weighted by atomic mass is 35.5. The molecule has 28 heavy (non-hydrogen) atoms. The van der Waals surface area contributed by atoms with E-state index in [1.807, 2.05) is 18.2 Å². The van der Waals surface area contributed by atoms with Gasteiger partial charge >= 0.3 is 0 Å². The number of thiazole rings is 1. The molecular weight excluding hydrogens is 414 g/mol. The number of carbonyl (C=O) groups is 2. The van der Waals surface area contributed by atoms with Crippen LogP contribution in [-0.4, -0.2) is 57.9 Å². The number of hydrogen-bond acceptors (Lipinski definition) is 6. The molecule has 3 aliphatic rings. The molecule has 148 valence electrons. The van der Waals surface area contributed by atoms with E-state index < -0.39 is 5.41 Å². The normalized spacial score (nSPS) is 27.0. The number of benzene rings is 1. The number of piperidine rings is 1. The standard InChI is InChI=1S/C20H22ClN3O2S2/c21-14-1-2-16-15(9-14)22-18(28-16)13-3-6-23(7-4-13)12-24-17(25)10-20(19(24)26)5-8-27-11-20/h1-2,9,13H,3-8,10-12H2. The van der Waals surface area contributed by atoms with Gasteiger partial charge < -0.3 is 0 Å². The van der Waals surface area contributed by atoms with Crippen molar-refractivity contribution in [1.29, 1.82) is 0 Å². The minimum absolute atomic E-state index is 0.0117. The van der Waals surface area contributed by atoms with E-state index in [0.29, 0.717) is 19.0 Å². The van der Waals surface area contributed by atoms with Gasteiger partial charge in [-0.1, -0.05) is 11.6 Å². The molecule has 1 spiro atoms. The third kappa shape index (κ3) is 3.26. The molecule has 1 aromatic heterocycles. The molecule has 2 amide bonds. The molecule has 2 aromatic rings. The number of nitrogens with zero attached hydrogens (tertiary/aromatic N) is 3. The lowest BCUT2D eigenvalue weighted by Crippen LogP contribution is -2.45. The molecule has 3 saturated heterocycles. The Bertz CT molecular complexity index is 933. The summed E-state index contributed by atoms with van der Waals surface area (Å²) in [6.45, 7) is 2.23. The second kappa shape index (κ2) is 7.27. The lowest BCUT2D eigenvalue weighted by molar-refractivity contribution is -0.143. The molecule has 3 aliphatic heterocycles. The van der Waals surface area contributed by atoms with Gasteiger partial charge in [0.15, 0.2) is 0 Å². The Labute approximate surface area is 177 Å². The Morgan fingerprint density at radius 3 is 2.82 bits per heavy atom. The first-order valence-corrected chi connectivity index (χ1v) is 12.1. The van der Waals surface area contributed by atoms with Gasteiger partial charge in [0.1, 0.15) is 0 Å². The number of rotatable bonds is 3. The number of thioether (sulfide) groups is 1. The van der Waals surface area contributed by atoms with Crippen LogP contribution in [-0.2, 0) is 9.59 Å². The van der Waals surface area contributed by atoms with E-state index in [0.717, 1.165) is 54.4 Å². The molecule has 1 unspecified atom stereocenters. The summed E-state index contributed by atoms with van der Waals surface area (Å²) >= 11 is 9.63. The Kier molecular flexibility index (Phi) is 4.90. The third-order valence-corrected chi connectivity index (χ3v) is 8.92. The van der Waals surface area contributed by atoms with Crippen molar-refractivity contribution in [1.82, 2.24) is 14.8 Å². The summed E-state index contributed by atoms with van der Waals surface area (Å²) in [5, 5.41) is 1.89. The fourth-order valence-corrected chi connectivity index (χ4v) is 7.26. The van der Waals surface area contributed by atoms with Crippen molar-refractivity contribution in [2.24, 2.45) is 5.41 Å². The predicted octanol–water partition coefficient (Wildman–Crippen LogP) is 3.97. The van der Waals surface area contributed by atoms with Crippen LogP contribution in [0.15, 0.2) is 18.2 Å². The van der Waals surface area contributed by atoms with Gasteiger partial charge in [0.25, 0.3) is 0 Å². The topological polar surface area (TPSA) is 53.5 Å². The van der Waals surface area contributed by atoms with E-state index >= 15 is 0 Å². The van der Waals surface area contributed by atoms with Gasteiger partial charge in [-0.2, -0.15) is 11.8 Å². The SMILES string of the molecule is O=C1CC2(CCSC2)C(=O)N1CN1CCC(c2nc3cc(Cl)ccc3s2)CC1. The first-order valence-electron chi connectivity index (χ1n) is 9.75. The van der Waals surface area contributed by atoms with Crippen LogP contribution >= 0.6 is 34.7 Å². The summed E-state index contributed by atoms with van der Waals surface area (Å²) in [6, 6.07) is 5.87. The molecule has 0 aliphatic carbocycles. The lowest BCUT2D eigenvalue weighted by Gasteiger charge is -2.33. The van der Waals surface area contributed by atoms with Gasteiger partial charge in [-0.05, 0) is 43.2 Å². The summed E-state index contributed by atoms with van der Waals surface area (Å²) < 4.78 is 1.18. The van der Waals surface area contributed by atoms with Gasteiger partial charge in [0.05, 0.1) is 27.3 Å². The predicted molar refractivity (Wildman–Crippen MR) is 114 cm³/mol. The molecule has 5 nitrogen and oxygen atoms in total. The van der Waals surface area contributed by atoms with E-state index in [1.54, 1.807) is 23.1 Å². The molecule has 1 aromatic carbocycles. The smallest absolute Gasteiger partial charge is 0.237 e. The van der Waals surface area contributed by atoms with Crippen LogP contribution in [0.25, 0.3) is 10.2 Å². The number of halogens is 1. The molecule has 0 radical (unpaired) electrons. The molecule has 0 N–H and O–H groups in total. The van der Waals surface area contributed by atoms with Crippen LogP contribution in [0.4, 0.5) is 0 Å². The van der Waals surface area contributed by atoms with E-state index in [4.69, 9.17) is 16.6 Å². The number of imide groups is 1. The Morgan fingerprint density at radius 1 is 1.25 bits per heavy atom. The second-order valence-electron chi connectivity index (χ2n) is 8.08. The van der Waals surface area contributed by atoms with Gasteiger partial charge in [-0.25, -0.2) is 4.98 Å². The maximum absolute atomic E-state index is 12.9. The molecule has 5 rings (SSSR count). The van der Waals surface area contributed by atoms with E-state index in [2.05, 4.69) is 4.90 Å². The van der Waals surface area contributed by atoms with E-state index in [1.165, 1.54) is 14.6 Å².